The van der Waals surface area contributed by atoms with E-state index in [1.54, 1.807) is 0 Å². The highest BCUT2D eigenvalue weighted by molar-refractivity contribution is 7.90. The normalized spacial score (nSPS) is 35.3. The number of nitrogens with zero attached hydrogens (tertiary/aromatic N) is 2. The molecule has 4 aliphatic carbocycles. The summed E-state index contributed by atoms with van der Waals surface area (Å²) >= 11 is 0. The molecule has 0 saturated heterocycles. The molecule has 4 fully saturated rings. The van der Waals surface area contributed by atoms with E-state index in [4.69, 9.17) is 4.74 Å². The zero-order valence-electron chi connectivity index (χ0n) is 13.8. The van der Waals surface area contributed by atoms with Crippen molar-refractivity contribution in [2.24, 2.45) is 23.7 Å². The first kappa shape index (κ1) is 15.5. The van der Waals surface area contributed by atoms with Gasteiger partial charge in [-0.2, -0.15) is 5.10 Å². The van der Waals surface area contributed by atoms with Gasteiger partial charge in [-0.15, -0.1) is 0 Å². The van der Waals surface area contributed by atoms with Crippen LogP contribution in [0.1, 0.15) is 32.1 Å². The van der Waals surface area contributed by atoms with Gasteiger partial charge in [0.15, 0.2) is 4.90 Å². The van der Waals surface area contributed by atoms with Gasteiger partial charge in [0.1, 0.15) is 0 Å². The molecule has 1 aromatic heterocycles. The van der Waals surface area contributed by atoms with Crippen LogP contribution < -0.4 is 14.8 Å². The molecule has 9 heteroatoms. The number of nitrogens with one attached hydrogen (secondary N) is 2. The van der Waals surface area contributed by atoms with Crippen LogP contribution in [-0.2, 0) is 16.6 Å². The molecule has 1 aliphatic heterocycles. The van der Waals surface area contributed by atoms with Crippen molar-refractivity contribution >= 4 is 16.1 Å². The third kappa shape index (κ3) is 2.43. The number of aryl methyl sites for hydroxylation is 1. The summed E-state index contributed by atoms with van der Waals surface area (Å²) in [6, 6.07) is -0.534. The number of carbonyl (C=O) groups is 1. The third-order valence-corrected chi connectivity index (χ3v) is 7.70. The number of hydrogen-bond donors (Lipinski definition) is 2. The Kier molecular flexibility index (Phi) is 3.32. The molecule has 136 valence electrons. The second-order valence-corrected chi connectivity index (χ2v) is 9.49. The molecule has 6 rings (SSSR count). The standard InChI is InChI=1S/C16H22N4O4S/c21-16(18-14-11-5-9-4-10(7-11)12(14)6-9)19-25(22,23)13-8-17-20-2-1-3-24-15(13)20/h8-12,14H,1-7H2,(H2,18,19,21). The van der Waals surface area contributed by atoms with Gasteiger partial charge in [-0.25, -0.2) is 22.6 Å². The molecule has 5 atom stereocenters. The summed E-state index contributed by atoms with van der Waals surface area (Å²) in [7, 11) is -4.00. The van der Waals surface area contributed by atoms with Crippen LogP contribution >= 0.6 is 0 Å². The average Bonchev–Trinajstić information content (AvgIpc) is 3.18. The maximum Gasteiger partial charge on any atom is 0.328 e. The molecule has 4 bridgehead atoms. The van der Waals surface area contributed by atoms with Crippen molar-refractivity contribution in [3.63, 3.8) is 0 Å². The van der Waals surface area contributed by atoms with Crippen LogP contribution in [0.25, 0.3) is 0 Å². The van der Waals surface area contributed by atoms with Crippen molar-refractivity contribution in [2.45, 2.75) is 49.6 Å². The van der Waals surface area contributed by atoms with Crippen LogP contribution in [0.4, 0.5) is 4.79 Å². The van der Waals surface area contributed by atoms with E-state index in [1.165, 1.54) is 30.1 Å². The number of carbonyl (C=O) groups excluding carboxylic acids is 1. The Morgan fingerprint density at radius 3 is 2.92 bits per heavy atom. The number of fused-ring (bicyclic) bond motifs is 1. The lowest BCUT2D eigenvalue weighted by Gasteiger charge is -2.32. The van der Waals surface area contributed by atoms with Gasteiger partial charge in [-0.05, 0) is 49.4 Å². The number of sulfonamides is 1. The summed E-state index contributed by atoms with van der Waals surface area (Å²) in [4.78, 5) is 12.3. The van der Waals surface area contributed by atoms with Gasteiger partial charge in [0.05, 0.1) is 12.8 Å². The van der Waals surface area contributed by atoms with E-state index in [1.807, 2.05) is 0 Å². The number of amides is 2. The fourth-order valence-electron chi connectivity index (χ4n) is 5.55. The molecular weight excluding hydrogens is 344 g/mol. The van der Waals surface area contributed by atoms with Crippen molar-refractivity contribution in [2.75, 3.05) is 6.61 Å². The molecule has 25 heavy (non-hydrogen) atoms. The van der Waals surface area contributed by atoms with Crippen molar-refractivity contribution in [3.05, 3.63) is 6.20 Å². The third-order valence-electron chi connectivity index (χ3n) is 6.38. The lowest BCUT2D eigenvalue weighted by molar-refractivity contribution is 0.205. The van der Waals surface area contributed by atoms with E-state index in [-0.39, 0.29) is 16.8 Å². The second kappa shape index (κ2) is 5.36. The highest BCUT2D eigenvalue weighted by Crippen LogP contribution is 2.58. The van der Waals surface area contributed by atoms with Crippen LogP contribution in [0.15, 0.2) is 11.1 Å². The molecule has 4 saturated carbocycles. The first-order valence-electron chi connectivity index (χ1n) is 9.03. The van der Waals surface area contributed by atoms with Gasteiger partial charge < -0.3 is 10.1 Å². The minimum atomic E-state index is -4.00. The Hall–Kier alpha value is -1.77. The predicted octanol–water partition coefficient (Wildman–Crippen LogP) is 1.09. The van der Waals surface area contributed by atoms with Gasteiger partial charge >= 0.3 is 6.03 Å². The maximum atomic E-state index is 12.6. The lowest BCUT2D eigenvalue weighted by atomic mass is 9.79. The molecule has 0 aromatic carbocycles. The number of aromatic nitrogens is 2. The van der Waals surface area contributed by atoms with Crippen LogP contribution in [0.5, 0.6) is 5.88 Å². The van der Waals surface area contributed by atoms with Crippen LogP contribution in [0.3, 0.4) is 0 Å². The second-order valence-electron chi connectivity index (χ2n) is 7.84. The summed E-state index contributed by atoms with van der Waals surface area (Å²) in [6.07, 6.45) is 6.81. The van der Waals surface area contributed by atoms with Crippen LogP contribution in [-0.4, -0.2) is 36.9 Å². The van der Waals surface area contributed by atoms with Crippen molar-refractivity contribution in [1.82, 2.24) is 19.8 Å². The van der Waals surface area contributed by atoms with Crippen molar-refractivity contribution < 1.29 is 17.9 Å². The number of urea groups is 1. The van der Waals surface area contributed by atoms with Gasteiger partial charge in [0.25, 0.3) is 10.0 Å². The number of hydrogen-bond acceptors (Lipinski definition) is 5. The van der Waals surface area contributed by atoms with Gasteiger partial charge in [0.2, 0.25) is 5.88 Å². The first-order valence-corrected chi connectivity index (χ1v) is 10.5. The summed E-state index contributed by atoms with van der Waals surface area (Å²) in [5.41, 5.74) is 0. The molecule has 1 aromatic rings. The maximum absolute atomic E-state index is 12.6. The number of rotatable bonds is 3. The zero-order chi connectivity index (χ0) is 17.2. The molecule has 5 aliphatic rings. The molecule has 8 nitrogen and oxygen atoms in total. The fourth-order valence-corrected chi connectivity index (χ4v) is 6.54. The minimum absolute atomic E-state index is 0.0729. The Morgan fingerprint density at radius 1 is 1.24 bits per heavy atom. The Labute approximate surface area is 146 Å². The summed E-state index contributed by atoms with van der Waals surface area (Å²) in [6.45, 7) is 1.07. The highest BCUT2D eigenvalue weighted by Gasteiger charge is 2.54. The van der Waals surface area contributed by atoms with Crippen LogP contribution in [0, 0.1) is 23.7 Å². The molecule has 2 heterocycles. The van der Waals surface area contributed by atoms with Crippen molar-refractivity contribution in [3.8, 4) is 5.88 Å². The van der Waals surface area contributed by atoms with E-state index >= 15 is 0 Å². The molecule has 2 amide bonds. The van der Waals surface area contributed by atoms with E-state index in [2.05, 4.69) is 15.1 Å². The van der Waals surface area contributed by atoms with Gasteiger partial charge in [-0.3, -0.25) is 0 Å². The monoisotopic (exact) mass is 366 g/mol. The topological polar surface area (TPSA) is 102 Å². The molecule has 0 spiro atoms. The Bertz CT molecular complexity index is 816. The van der Waals surface area contributed by atoms with E-state index in [9.17, 15) is 13.2 Å². The predicted molar refractivity (Wildman–Crippen MR) is 87.4 cm³/mol. The smallest absolute Gasteiger partial charge is 0.328 e. The molecule has 5 unspecified atom stereocenters. The fraction of sp³-hybridized carbons (Fsp3) is 0.750. The SMILES string of the molecule is O=C(NC1C2CC3CC(C2)C1C3)NS(=O)(=O)c1cnn2c1OCCC2. The highest BCUT2D eigenvalue weighted by atomic mass is 32.2. The lowest BCUT2D eigenvalue weighted by Crippen LogP contribution is -2.49. The largest absolute Gasteiger partial charge is 0.477 e. The molecule has 0 radical (unpaired) electrons. The number of ether oxygens (including phenoxy) is 1. The first-order chi connectivity index (χ1) is 12.0. The Morgan fingerprint density at radius 2 is 2.08 bits per heavy atom. The Balaban J connectivity index is 1.30. The van der Waals surface area contributed by atoms with Gasteiger partial charge in [0, 0.05) is 19.0 Å². The summed E-state index contributed by atoms with van der Waals surface area (Å²) in [5, 5.41) is 6.98. The van der Waals surface area contributed by atoms with E-state index in [0.717, 1.165) is 18.8 Å². The van der Waals surface area contributed by atoms with E-state index < -0.39 is 16.1 Å². The quantitative estimate of drug-likeness (QED) is 0.834. The van der Waals surface area contributed by atoms with Crippen LogP contribution in [0.2, 0.25) is 0 Å². The zero-order valence-corrected chi connectivity index (χ0v) is 14.7. The molecular formula is C16H22N4O4S. The minimum Gasteiger partial charge on any atom is -0.477 e. The van der Waals surface area contributed by atoms with Crippen molar-refractivity contribution in [1.29, 1.82) is 0 Å². The summed E-state index contributed by atoms with van der Waals surface area (Å²) in [5.74, 6) is 2.76. The van der Waals surface area contributed by atoms with E-state index in [0.29, 0.717) is 30.9 Å². The average molecular weight is 366 g/mol. The summed E-state index contributed by atoms with van der Waals surface area (Å²) < 4.78 is 34.2. The van der Waals surface area contributed by atoms with Gasteiger partial charge in [-0.1, -0.05) is 0 Å². The molecule has 2 N–H and O–H groups in total.